The number of hydrogen-bond acceptors (Lipinski definition) is 3. The molecule has 2 aliphatic heterocycles. The van der Waals surface area contributed by atoms with Crippen molar-refractivity contribution >= 4 is 5.78 Å². The fraction of sp³-hybridized carbons (Fsp3) is 0.857. The number of carbonyl (C=O) groups excluding carboxylic acids is 1. The largest absolute Gasteiger partial charge is 0.298 e. The van der Waals surface area contributed by atoms with Crippen molar-refractivity contribution in [2.75, 3.05) is 19.6 Å². The molecule has 2 saturated heterocycles. The summed E-state index contributed by atoms with van der Waals surface area (Å²) in [6.45, 7) is 2.75. The van der Waals surface area contributed by atoms with Crippen LogP contribution in [-0.4, -0.2) is 30.4 Å². The third kappa shape index (κ3) is 1.07. The second-order valence-electron chi connectivity index (χ2n) is 3.19. The van der Waals surface area contributed by atoms with Crippen molar-refractivity contribution in [2.24, 2.45) is 5.92 Å². The van der Waals surface area contributed by atoms with Crippen LogP contribution < -0.4 is 5.43 Å². The highest BCUT2D eigenvalue weighted by Gasteiger charge is 2.27. The van der Waals surface area contributed by atoms with Gasteiger partial charge in [-0.1, -0.05) is 0 Å². The summed E-state index contributed by atoms with van der Waals surface area (Å²) in [6.07, 6.45) is 1.99. The van der Waals surface area contributed by atoms with Crippen LogP contribution in [-0.2, 0) is 4.79 Å². The Morgan fingerprint density at radius 1 is 1.60 bits per heavy atom. The number of nitrogens with zero attached hydrogens (tertiary/aromatic N) is 1. The average Bonchev–Trinajstić information content (AvgIpc) is 1.85. The van der Waals surface area contributed by atoms with Crippen molar-refractivity contribution in [3.05, 3.63) is 0 Å². The molecule has 3 heteroatoms. The van der Waals surface area contributed by atoms with Gasteiger partial charge in [0.2, 0.25) is 0 Å². The molecule has 0 aromatic rings. The van der Waals surface area contributed by atoms with Gasteiger partial charge in [0.15, 0.2) is 0 Å². The maximum Gasteiger partial charge on any atom is 0.148 e. The Bertz CT molecular complexity index is 144. The van der Waals surface area contributed by atoms with Crippen molar-refractivity contribution in [2.45, 2.75) is 12.8 Å². The number of carbonyl (C=O) groups is 1. The number of hydrogen-bond donors (Lipinski definition) is 1. The number of Topliss-reactive ketones (excluding diaryl/α,β-unsaturated/α-hetero) is 1. The van der Waals surface area contributed by atoms with Gasteiger partial charge in [-0.2, -0.15) is 0 Å². The van der Waals surface area contributed by atoms with Gasteiger partial charge in [0.1, 0.15) is 5.78 Å². The zero-order chi connectivity index (χ0) is 6.97. The van der Waals surface area contributed by atoms with Crippen LogP contribution in [0.25, 0.3) is 0 Å². The molecule has 3 nitrogen and oxygen atoms in total. The van der Waals surface area contributed by atoms with Crippen molar-refractivity contribution in [3.8, 4) is 0 Å². The number of ketones is 1. The summed E-state index contributed by atoms with van der Waals surface area (Å²) >= 11 is 0. The van der Waals surface area contributed by atoms with E-state index in [1.54, 1.807) is 0 Å². The highest BCUT2D eigenvalue weighted by molar-refractivity contribution is 5.81. The Kier molecular flexibility index (Phi) is 1.47. The predicted octanol–water partition coefficient (Wildman–Crippen LogP) is -0.214. The lowest BCUT2D eigenvalue weighted by atomic mass is 9.93. The average molecular weight is 140 g/mol. The summed E-state index contributed by atoms with van der Waals surface area (Å²) in [5, 5.41) is 2.04. The van der Waals surface area contributed by atoms with Crippen molar-refractivity contribution in [1.29, 1.82) is 0 Å². The molecule has 2 atom stereocenters. The lowest BCUT2D eigenvalue weighted by Crippen LogP contribution is -2.53. The third-order valence-corrected chi connectivity index (χ3v) is 2.25. The zero-order valence-corrected chi connectivity index (χ0v) is 5.97. The SMILES string of the molecule is O=C1CC2CCNN(C1)C2. The quantitative estimate of drug-likeness (QED) is 0.505. The van der Waals surface area contributed by atoms with Crippen LogP contribution in [0, 0.1) is 5.92 Å². The van der Waals surface area contributed by atoms with Crippen LogP contribution in [0.4, 0.5) is 0 Å². The summed E-state index contributed by atoms with van der Waals surface area (Å²) < 4.78 is 0. The third-order valence-electron chi connectivity index (χ3n) is 2.25. The molecular weight excluding hydrogens is 128 g/mol. The summed E-state index contributed by atoms with van der Waals surface area (Å²) in [4.78, 5) is 11.0. The van der Waals surface area contributed by atoms with Crippen LogP contribution in [0.5, 0.6) is 0 Å². The Labute approximate surface area is 60.4 Å². The Hall–Kier alpha value is -0.410. The van der Waals surface area contributed by atoms with Gasteiger partial charge < -0.3 is 0 Å². The number of fused-ring (bicyclic) bond motifs is 2. The monoisotopic (exact) mass is 140 g/mol. The van der Waals surface area contributed by atoms with Gasteiger partial charge in [0.25, 0.3) is 0 Å². The van der Waals surface area contributed by atoms with Crippen molar-refractivity contribution in [3.63, 3.8) is 0 Å². The fourth-order valence-electron chi connectivity index (χ4n) is 1.78. The molecule has 0 spiro atoms. The van der Waals surface area contributed by atoms with E-state index in [0.717, 1.165) is 19.5 Å². The van der Waals surface area contributed by atoms with Crippen LogP contribution >= 0.6 is 0 Å². The normalized spacial score (nSPS) is 39.8. The van der Waals surface area contributed by atoms with Gasteiger partial charge in [-0.05, 0) is 12.3 Å². The first kappa shape index (κ1) is 6.31. The van der Waals surface area contributed by atoms with Crippen LogP contribution in [0.15, 0.2) is 0 Å². The maximum atomic E-state index is 11.0. The van der Waals surface area contributed by atoms with Crippen molar-refractivity contribution < 1.29 is 4.79 Å². The van der Waals surface area contributed by atoms with E-state index >= 15 is 0 Å². The minimum absolute atomic E-state index is 0.392. The molecule has 10 heavy (non-hydrogen) atoms. The summed E-state index contributed by atoms with van der Waals surface area (Å²) in [5.74, 6) is 1.03. The highest BCUT2D eigenvalue weighted by atomic mass is 16.1. The summed E-state index contributed by atoms with van der Waals surface area (Å²) in [5.41, 5.74) is 3.19. The number of nitrogens with one attached hydrogen (secondary N) is 1. The molecule has 0 aromatic heterocycles. The summed E-state index contributed by atoms with van der Waals surface area (Å²) in [6, 6.07) is 0. The molecule has 0 aliphatic carbocycles. The van der Waals surface area contributed by atoms with E-state index in [4.69, 9.17) is 0 Å². The molecule has 0 radical (unpaired) electrons. The van der Waals surface area contributed by atoms with Gasteiger partial charge in [-0.25, -0.2) is 5.01 Å². The molecule has 2 aliphatic rings. The second-order valence-corrected chi connectivity index (χ2v) is 3.19. The lowest BCUT2D eigenvalue weighted by Gasteiger charge is -2.36. The van der Waals surface area contributed by atoms with E-state index in [1.165, 1.54) is 6.42 Å². The van der Waals surface area contributed by atoms with Crippen LogP contribution in [0.2, 0.25) is 0 Å². The molecule has 2 fully saturated rings. The fourth-order valence-corrected chi connectivity index (χ4v) is 1.78. The molecule has 2 unspecified atom stereocenters. The summed E-state index contributed by atoms with van der Waals surface area (Å²) in [7, 11) is 0. The van der Waals surface area contributed by atoms with Gasteiger partial charge in [0.05, 0.1) is 6.54 Å². The van der Waals surface area contributed by atoms with E-state index < -0.39 is 0 Å². The van der Waals surface area contributed by atoms with Gasteiger partial charge in [-0.15, -0.1) is 0 Å². The molecule has 0 aromatic carbocycles. The molecule has 0 amide bonds. The number of piperidine rings is 1. The first-order valence-corrected chi connectivity index (χ1v) is 3.85. The molecule has 2 heterocycles. The van der Waals surface area contributed by atoms with E-state index in [9.17, 15) is 4.79 Å². The smallest absolute Gasteiger partial charge is 0.148 e. The minimum Gasteiger partial charge on any atom is -0.298 e. The second kappa shape index (κ2) is 2.32. The Morgan fingerprint density at radius 2 is 2.50 bits per heavy atom. The van der Waals surface area contributed by atoms with Crippen LogP contribution in [0.3, 0.4) is 0 Å². The predicted molar refractivity (Wildman–Crippen MR) is 37.3 cm³/mol. The topological polar surface area (TPSA) is 32.3 Å². The Balaban J connectivity index is 2.05. The molecule has 2 bridgehead atoms. The molecule has 56 valence electrons. The minimum atomic E-state index is 0.392. The highest BCUT2D eigenvalue weighted by Crippen LogP contribution is 2.18. The van der Waals surface area contributed by atoms with Crippen LogP contribution in [0.1, 0.15) is 12.8 Å². The molecular formula is C7H12N2O. The van der Waals surface area contributed by atoms with E-state index in [1.807, 2.05) is 5.01 Å². The molecule has 0 saturated carbocycles. The van der Waals surface area contributed by atoms with E-state index in [0.29, 0.717) is 18.2 Å². The van der Waals surface area contributed by atoms with Gasteiger partial charge >= 0.3 is 0 Å². The zero-order valence-electron chi connectivity index (χ0n) is 5.97. The molecule has 2 rings (SSSR count). The standard InChI is InChI=1S/C7H12N2O/c10-7-3-6-1-2-8-9(4-6)5-7/h6,8H,1-5H2. The van der Waals surface area contributed by atoms with E-state index in [-0.39, 0.29) is 0 Å². The Morgan fingerprint density at radius 3 is 3.30 bits per heavy atom. The first-order valence-electron chi connectivity index (χ1n) is 3.85. The first-order chi connectivity index (χ1) is 4.84. The van der Waals surface area contributed by atoms with Crippen molar-refractivity contribution in [1.82, 2.24) is 10.4 Å². The number of hydrazine groups is 1. The number of rotatable bonds is 0. The van der Waals surface area contributed by atoms with Gasteiger partial charge in [0, 0.05) is 19.5 Å². The van der Waals surface area contributed by atoms with Gasteiger partial charge in [-0.3, -0.25) is 10.2 Å². The lowest BCUT2D eigenvalue weighted by molar-refractivity contribution is -0.126. The maximum absolute atomic E-state index is 11.0. The molecule has 1 N–H and O–H groups in total. The van der Waals surface area contributed by atoms with E-state index in [2.05, 4.69) is 5.43 Å².